The van der Waals surface area contributed by atoms with E-state index in [0.29, 0.717) is 21.5 Å². The van der Waals surface area contributed by atoms with Gasteiger partial charge in [-0.25, -0.2) is 0 Å². The molecule has 0 atom stereocenters. The lowest BCUT2D eigenvalue weighted by atomic mass is 10.2. The summed E-state index contributed by atoms with van der Waals surface area (Å²) in [6.45, 7) is 3.90. The fourth-order valence-corrected chi connectivity index (χ4v) is 1.99. The van der Waals surface area contributed by atoms with Gasteiger partial charge in [0.1, 0.15) is 11.5 Å². The zero-order chi connectivity index (χ0) is 14.4. The van der Waals surface area contributed by atoms with Crippen molar-refractivity contribution >= 4 is 23.2 Å². The lowest BCUT2D eigenvalue weighted by Gasteiger charge is -2.08. The highest BCUT2D eigenvalue weighted by atomic mass is 35.5. The Morgan fingerprint density at radius 1 is 1.10 bits per heavy atom. The molecular formula is C15H16Cl2N2O. The van der Waals surface area contributed by atoms with Gasteiger partial charge >= 0.3 is 0 Å². The summed E-state index contributed by atoms with van der Waals surface area (Å²) in [5.74, 6) is 1.32. The molecule has 0 bridgehead atoms. The summed E-state index contributed by atoms with van der Waals surface area (Å²) in [5, 5.41) is 4.30. The van der Waals surface area contributed by atoms with Crippen molar-refractivity contribution in [1.82, 2.24) is 10.3 Å². The fourth-order valence-electron chi connectivity index (χ4n) is 1.70. The Kier molecular flexibility index (Phi) is 5.65. The molecular weight excluding hydrogens is 295 g/mol. The Labute approximate surface area is 128 Å². The van der Waals surface area contributed by atoms with E-state index in [9.17, 15) is 0 Å². The number of pyridine rings is 1. The first-order valence-electron chi connectivity index (χ1n) is 6.46. The van der Waals surface area contributed by atoms with E-state index in [0.717, 1.165) is 25.1 Å². The topological polar surface area (TPSA) is 34.2 Å². The Bertz CT molecular complexity index is 576. The maximum Gasteiger partial charge on any atom is 0.146 e. The molecule has 0 fully saturated rings. The van der Waals surface area contributed by atoms with Crippen LogP contribution in [0.3, 0.4) is 0 Å². The summed E-state index contributed by atoms with van der Waals surface area (Å²) < 4.78 is 5.73. The van der Waals surface area contributed by atoms with Crippen molar-refractivity contribution < 1.29 is 4.74 Å². The molecule has 3 nitrogen and oxygen atoms in total. The van der Waals surface area contributed by atoms with E-state index in [1.54, 1.807) is 24.4 Å². The number of aromatic nitrogens is 1. The normalized spacial score (nSPS) is 10.6. The predicted octanol–water partition coefficient (Wildman–Crippen LogP) is 4.68. The Hall–Kier alpha value is -1.29. The molecule has 1 aromatic heterocycles. The van der Waals surface area contributed by atoms with Crippen LogP contribution in [0.5, 0.6) is 11.5 Å². The third kappa shape index (κ3) is 4.37. The molecule has 1 N–H and O–H groups in total. The Morgan fingerprint density at radius 3 is 2.70 bits per heavy atom. The van der Waals surface area contributed by atoms with Gasteiger partial charge in [0.2, 0.25) is 0 Å². The maximum atomic E-state index is 5.96. The molecule has 0 saturated carbocycles. The van der Waals surface area contributed by atoms with E-state index in [1.165, 1.54) is 0 Å². The van der Waals surface area contributed by atoms with Gasteiger partial charge in [-0.2, -0.15) is 0 Å². The van der Waals surface area contributed by atoms with Crippen LogP contribution in [-0.2, 0) is 6.54 Å². The fraction of sp³-hybridized carbons (Fsp3) is 0.267. The summed E-state index contributed by atoms with van der Waals surface area (Å²) in [5.41, 5.74) is 1.08. The summed E-state index contributed by atoms with van der Waals surface area (Å²) >= 11 is 11.8. The molecule has 0 unspecified atom stereocenters. The van der Waals surface area contributed by atoms with Crippen molar-refractivity contribution in [2.75, 3.05) is 6.54 Å². The third-order valence-electron chi connectivity index (χ3n) is 2.65. The molecule has 106 valence electrons. The van der Waals surface area contributed by atoms with Gasteiger partial charge in [0.15, 0.2) is 0 Å². The van der Waals surface area contributed by atoms with Gasteiger partial charge < -0.3 is 10.1 Å². The molecule has 0 aliphatic carbocycles. The van der Waals surface area contributed by atoms with Crippen LogP contribution in [0.1, 0.15) is 18.9 Å². The summed E-state index contributed by atoms with van der Waals surface area (Å²) in [6, 6.07) is 7.12. The molecule has 0 saturated heterocycles. The third-order valence-corrected chi connectivity index (χ3v) is 3.39. The van der Waals surface area contributed by atoms with E-state index in [2.05, 4.69) is 17.2 Å². The zero-order valence-corrected chi connectivity index (χ0v) is 12.7. The van der Waals surface area contributed by atoms with Gasteiger partial charge in [-0.1, -0.05) is 30.1 Å². The molecule has 0 amide bonds. The van der Waals surface area contributed by atoms with Gasteiger partial charge in [-0.05, 0) is 36.7 Å². The SMILES string of the molecule is CCCNCc1cncc(Oc2ccc(Cl)c(Cl)c2)c1. The molecule has 1 heterocycles. The molecule has 0 spiro atoms. The highest BCUT2D eigenvalue weighted by Crippen LogP contribution is 2.29. The lowest BCUT2D eigenvalue weighted by Crippen LogP contribution is -2.13. The largest absolute Gasteiger partial charge is 0.456 e. The first-order valence-corrected chi connectivity index (χ1v) is 7.22. The maximum absolute atomic E-state index is 5.96. The molecule has 5 heteroatoms. The van der Waals surface area contributed by atoms with Crippen LogP contribution in [0, 0.1) is 0 Å². The van der Waals surface area contributed by atoms with Crippen LogP contribution in [0.25, 0.3) is 0 Å². The van der Waals surface area contributed by atoms with Crippen molar-refractivity contribution in [1.29, 1.82) is 0 Å². The van der Waals surface area contributed by atoms with Crippen LogP contribution < -0.4 is 10.1 Å². The molecule has 2 aromatic rings. The number of nitrogens with one attached hydrogen (secondary N) is 1. The van der Waals surface area contributed by atoms with Crippen LogP contribution in [0.15, 0.2) is 36.7 Å². The van der Waals surface area contributed by atoms with E-state index < -0.39 is 0 Å². The minimum atomic E-state index is 0.470. The number of benzene rings is 1. The minimum Gasteiger partial charge on any atom is -0.456 e. The highest BCUT2D eigenvalue weighted by molar-refractivity contribution is 6.42. The smallest absolute Gasteiger partial charge is 0.146 e. The van der Waals surface area contributed by atoms with Crippen molar-refractivity contribution in [3.8, 4) is 11.5 Å². The average Bonchev–Trinajstić information content (AvgIpc) is 2.44. The second-order valence-corrected chi connectivity index (χ2v) is 5.20. The van der Waals surface area contributed by atoms with Gasteiger partial charge in [0.05, 0.1) is 16.2 Å². The summed E-state index contributed by atoms with van der Waals surface area (Å²) in [7, 11) is 0. The zero-order valence-electron chi connectivity index (χ0n) is 11.2. The van der Waals surface area contributed by atoms with Gasteiger partial charge in [0.25, 0.3) is 0 Å². The van der Waals surface area contributed by atoms with Crippen molar-refractivity contribution in [2.45, 2.75) is 19.9 Å². The van der Waals surface area contributed by atoms with Crippen LogP contribution in [0.2, 0.25) is 10.0 Å². The van der Waals surface area contributed by atoms with Crippen LogP contribution in [0.4, 0.5) is 0 Å². The second kappa shape index (κ2) is 7.48. The van der Waals surface area contributed by atoms with Gasteiger partial charge in [-0.3, -0.25) is 4.98 Å². The molecule has 2 rings (SSSR count). The number of hydrogen-bond acceptors (Lipinski definition) is 3. The number of halogens is 2. The standard InChI is InChI=1S/C15H16Cl2N2O/c1-2-5-18-8-11-6-13(10-19-9-11)20-12-3-4-14(16)15(17)7-12/h3-4,6-7,9-10,18H,2,5,8H2,1H3. The molecule has 1 aromatic carbocycles. The first kappa shape index (κ1) is 15.1. The van der Waals surface area contributed by atoms with Crippen molar-refractivity contribution in [2.24, 2.45) is 0 Å². The van der Waals surface area contributed by atoms with Crippen molar-refractivity contribution in [3.63, 3.8) is 0 Å². The molecule has 0 aliphatic rings. The number of rotatable bonds is 6. The van der Waals surface area contributed by atoms with E-state index >= 15 is 0 Å². The van der Waals surface area contributed by atoms with Crippen LogP contribution in [-0.4, -0.2) is 11.5 Å². The summed E-state index contributed by atoms with van der Waals surface area (Å²) in [6.07, 6.45) is 4.60. The Balaban J connectivity index is 2.05. The average molecular weight is 311 g/mol. The quantitative estimate of drug-likeness (QED) is 0.787. The van der Waals surface area contributed by atoms with Crippen LogP contribution >= 0.6 is 23.2 Å². The van der Waals surface area contributed by atoms with E-state index in [-0.39, 0.29) is 0 Å². The summed E-state index contributed by atoms with van der Waals surface area (Å²) in [4.78, 5) is 4.18. The predicted molar refractivity (Wildman–Crippen MR) is 82.8 cm³/mol. The monoisotopic (exact) mass is 310 g/mol. The molecule has 20 heavy (non-hydrogen) atoms. The Morgan fingerprint density at radius 2 is 1.95 bits per heavy atom. The first-order chi connectivity index (χ1) is 9.69. The van der Waals surface area contributed by atoms with Gasteiger partial charge in [0, 0.05) is 18.8 Å². The van der Waals surface area contributed by atoms with E-state index in [1.807, 2.05) is 12.3 Å². The minimum absolute atomic E-state index is 0.470. The lowest BCUT2D eigenvalue weighted by molar-refractivity contribution is 0.479. The highest BCUT2D eigenvalue weighted by Gasteiger charge is 2.03. The van der Waals surface area contributed by atoms with Crippen molar-refractivity contribution in [3.05, 3.63) is 52.3 Å². The molecule has 0 aliphatic heterocycles. The second-order valence-electron chi connectivity index (χ2n) is 4.38. The number of hydrogen-bond donors (Lipinski definition) is 1. The molecule has 0 radical (unpaired) electrons. The number of nitrogens with zero attached hydrogens (tertiary/aromatic N) is 1. The van der Waals surface area contributed by atoms with Gasteiger partial charge in [-0.15, -0.1) is 0 Å². The number of ether oxygens (including phenoxy) is 1. The van der Waals surface area contributed by atoms with E-state index in [4.69, 9.17) is 27.9 Å².